The maximum atomic E-state index is 5.92. The molecule has 4 heteroatoms. The fraction of sp³-hybridized carbons (Fsp3) is 0.400. The number of rotatable bonds is 2. The minimum Gasteiger partial charge on any atom is -0.379 e. The molecule has 0 aromatic heterocycles. The van der Waals surface area contributed by atoms with Crippen LogP contribution in [0.25, 0.3) is 0 Å². The van der Waals surface area contributed by atoms with Gasteiger partial charge in [0.25, 0.3) is 0 Å². The summed E-state index contributed by atoms with van der Waals surface area (Å²) in [4.78, 5) is 1.25. The topological polar surface area (TPSA) is 24.1 Å². The van der Waals surface area contributed by atoms with Gasteiger partial charge >= 0.3 is 0 Å². The molecule has 1 aliphatic heterocycles. The molecule has 1 aromatic rings. The third kappa shape index (κ3) is 2.16. The Hall–Kier alpha value is -0.380. The van der Waals surface area contributed by atoms with Gasteiger partial charge in [0.15, 0.2) is 0 Å². The predicted molar refractivity (Wildman–Crippen MR) is 63.5 cm³/mol. The van der Waals surface area contributed by atoms with E-state index in [4.69, 9.17) is 11.6 Å². The lowest BCUT2D eigenvalue weighted by Crippen LogP contribution is -2.35. The van der Waals surface area contributed by atoms with Crippen LogP contribution in [0.1, 0.15) is 0 Å². The van der Waals surface area contributed by atoms with Gasteiger partial charge in [-0.3, -0.25) is 0 Å². The monoisotopic (exact) mass is 228 g/mol. The summed E-state index contributed by atoms with van der Waals surface area (Å²) < 4.78 is 0. The Morgan fingerprint density at radius 3 is 3.29 bits per heavy atom. The van der Waals surface area contributed by atoms with Crippen LogP contribution >= 0.6 is 23.4 Å². The summed E-state index contributed by atoms with van der Waals surface area (Å²) in [6, 6.07) is 6.51. The first-order valence-electron chi connectivity index (χ1n) is 4.63. The molecule has 0 spiro atoms. The lowest BCUT2D eigenvalue weighted by atomic mass is 10.2. The van der Waals surface area contributed by atoms with Crippen molar-refractivity contribution in [1.29, 1.82) is 0 Å². The van der Waals surface area contributed by atoms with E-state index in [0.717, 1.165) is 17.3 Å². The van der Waals surface area contributed by atoms with E-state index in [1.54, 1.807) is 0 Å². The fourth-order valence-corrected chi connectivity index (χ4v) is 2.85. The average molecular weight is 229 g/mol. The number of benzene rings is 1. The molecule has 0 bridgehead atoms. The van der Waals surface area contributed by atoms with Crippen molar-refractivity contribution >= 4 is 29.1 Å². The number of fused-ring (bicyclic) bond motifs is 1. The molecular formula is C10H13ClN2S. The summed E-state index contributed by atoms with van der Waals surface area (Å²) in [6.45, 7) is 0.995. The predicted octanol–water partition coefficient (Wildman–Crippen LogP) is 2.45. The molecule has 2 nitrogen and oxygen atoms in total. The fourth-order valence-electron chi connectivity index (χ4n) is 1.54. The Labute approximate surface area is 93.4 Å². The molecule has 2 rings (SSSR count). The van der Waals surface area contributed by atoms with Crippen molar-refractivity contribution in [2.24, 2.45) is 0 Å². The highest BCUT2D eigenvalue weighted by Gasteiger charge is 2.17. The maximum absolute atomic E-state index is 5.92. The molecule has 0 fully saturated rings. The zero-order chi connectivity index (χ0) is 9.97. The van der Waals surface area contributed by atoms with Gasteiger partial charge in [-0.25, -0.2) is 0 Å². The van der Waals surface area contributed by atoms with E-state index in [1.165, 1.54) is 10.6 Å². The van der Waals surface area contributed by atoms with Crippen molar-refractivity contribution < 1.29 is 0 Å². The lowest BCUT2D eigenvalue weighted by molar-refractivity contribution is 0.702. The Bertz CT molecular complexity index is 330. The smallest absolute Gasteiger partial charge is 0.0482 e. The third-order valence-electron chi connectivity index (χ3n) is 2.19. The minimum atomic E-state index is 0.513. The first-order chi connectivity index (χ1) is 6.79. The van der Waals surface area contributed by atoms with E-state index >= 15 is 0 Å². The number of thioether (sulfide) groups is 1. The van der Waals surface area contributed by atoms with E-state index < -0.39 is 0 Å². The van der Waals surface area contributed by atoms with E-state index in [9.17, 15) is 0 Å². The van der Waals surface area contributed by atoms with Gasteiger partial charge in [-0.2, -0.15) is 0 Å². The van der Waals surface area contributed by atoms with Crippen LogP contribution in [0.15, 0.2) is 23.1 Å². The number of halogens is 1. The molecule has 1 atom stereocenters. The number of anilines is 1. The number of hydrogen-bond acceptors (Lipinski definition) is 3. The molecule has 1 aromatic carbocycles. The standard InChI is InChI=1S/C10H13ClN2S/c1-12-5-8-6-14-10-4-7(11)2-3-9(10)13-8/h2-4,8,12-13H,5-6H2,1H3. The minimum absolute atomic E-state index is 0.513. The number of nitrogens with one attached hydrogen (secondary N) is 2. The quantitative estimate of drug-likeness (QED) is 0.813. The molecule has 2 N–H and O–H groups in total. The first kappa shape index (κ1) is 10.1. The van der Waals surface area contributed by atoms with Crippen molar-refractivity contribution in [2.45, 2.75) is 10.9 Å². The van der Waals surface area contributed by atoms with Gasteiger partial charge in [-0.1, -0.05) is 11.6 Å². The Morgan fingerprint density at radius 2 is 2.50 bits per heavy atom. The van der Waals surface area contributed by atoms with Crippen molar-refractivity contribution in [3.8, 4) is 0 Å². The van der Waals surface area contributed by atoms with Crippen molar-refractivity contribution in [3.05, 3.63) is 23.2 Å². The van der Waals surface area contributed by atoms with Crippen LogP contribution in [0, 0.1) is 0 Å². The lowest BCUT2D eigenvalue weighted by Gasteiger charge is -2.26. The van der Waals surface area contributed by atoms with E-state index in [1.807, 2.05) is 37.0 Å². The molecule has 76 valence electrons. The molecular weight excluding hydrogens is 216 g/mol. The van der Waals surface area contributed by atoms with Crippen LogP contribution in [0.2, 0.25) is 5.02 Å². The van der Waals surface area contributed by atoms with Crippen LogP contribution in [0.5, 0.6) is 0 Å². The van der Waals surface area contributed by atoms with Gasteiger partial charge in [-0.15, -0.1) is 11.8 Å². The largest absolute Gasteiger partial charge is 0.379 e. The van der Waals surface area contributed by atoms with Gasteiger partial charge in [-0.05, 0) is 25.2 Å². The SMILES string of the molecule is CNCC1CSc2cc(Cl)ccc2N1. The van der Waals surface area contributed by atoms with Crippen molar-refractivity contribution in [2.75, 3.05) is 24.7 Å². The second-order valence-corrected chi connectivity index (χ2v) is 4.85. The molecule has 0 amide bonds. The molecule has 1 aliphatic rings. The summed E-state index contributed by atoms with van der Waals surface area (Å²) >= 11 is 7.78. The summed E-state index contributed by atoms with van der Waals surface area (Å²) in [5.41, 5.74) is 1.20. The number of likely N-dealkylation sites (N-methyl/N-ethyl adjacent to an activating group) is 1. The highest BCUT2D eigenvalue weighted by atomic mass is 35.5. The van der Waals surface area contributed by atoms with Crippen LogP contribution < -0.4 is 10.6 Å². The average Bonchev–Trinajstić information content (AvgIpc) is 2.19. The Balaban J connectivity index is 2.15. The summed E-state index contributed by atoms with van der Waals surface area (Å²) in [6.07, 6.45) is 0. The molecule has 0 aliphatic carbocycles. The second-order valence-electron chi connectivity index (χ2n) is 3.35. The first-order valence-corrected chi connectivity index (χ1v) is 5.99. The Morgan fingerprint density at radius 1 is 1.64 bits per heavy atom. The normalized spacial score (nSPS) is 20.0. The summed E-state index contributed by atoms with van der Waals surface area (Å²) in [7, 11) is 1.98. The maximum Gasteiger partial charge on any atom is 0.0482 e. The molecule has 14 heavy (non-hydrogen) atoms. The summed E-state index contributed by atoms with van der Waals surface area (Å²) in [5.74, 6) is 1.09. The highest BCUT2D eigenvalue weighted by molar-refractivity contribution is 7.99. The zero-order valence-electron chi connectivity index (χ0n) is 8.01. The number of hydrogen-bond donors (Lipinski definition) is 2. The zero-order valence-corrected chi connectivity index (χ0v) is 9.58. The van der Waals surface area contributed by atoms with Gasteiger partial charge in [0, 0.05) is 33.9 Å². The molecule has 1 unspecified atom stereocenters. The van der Waals surface area contributed by atoms with Crippen LogP contribution in [0.3, 0.4) is 0 Å². The van der Waals surface area contributed by atoms with Gasteiger partial charge < -0.3 is 10.6 Å². The van der Waals surface area contributed by atoms with Gasteiger partial charge in [0.2, 0.25) is 0 Å². The van der Waals surface area contributed by atoms with Gasteiger partial charge in [0.05, 0.1) is 0 Å². The van der Waals surface area contributed by atoms with Crippen LogP contribution in [0.4, 0.5) is 5.69 Å². The second kappa shape index (κ2) is 4.43. The molecule has 0 radical (unpaired) electrons. The third-order valence-corrected chi connectivity index (χ3v) is 3.65. The molecule has 0 saturated carbocycles. The summed E-state index contributed by atoms with van der Waals surface area (Å²) in [5, 5.41) is 7.47. The highest BCUT2D eigenvalue weighted by Crippen LogP contribution is 2.34. The van der Waals surface area contributed by atoms with Crippen LogP contribution in [-0.4, -0.2) is 25.4 Å². The van der Waals surface area contributed by atoms with E-state index in [0.29, 0.717) is 6.04 Å². The molecule has 1 heterocycles. The van der Waals surface area contributed by atoms with E-state index in [2.05, 4.69) is 10.6 Å². The van der Waals surface area contributed by atoms with Crippen LogP contribution in [-0.2, 0) is 0 Å². The van der Waals surface area contributed by atoms with Gasteiger partial charge in [0.1, 0.15) is 0 Å². The van der Waals surface area contributed by atoms with E-state index in [-0.39, 0.29) is 0 Å². The molecule has 0 saturated heterocycles. The van der Waals surface area contributed by atoms with Crippen molar-refractivity contribution in [3.63, 3.8) is 0 Å². The Kier molecular flexibility index (Phi) is 3.21. The van der Waals surface area contributed by atoms with Crippen molar-refractivity contribution in [1.82, 2.24) is 5.32 Å².